The maximum absolute atomic E-state index is 14.7. The molecule has 0 radical (unpaired) electrons. The Morgan fingerprint density at radius 3 is 2.58 bits per heavy atom. The van der Waals surface area contributed by atoms with Gasteiger partial charge >= 0.3 is 5.97 Å². The molecule has 2 aromatic rings. The summed E-state index contributed by atoms with van der Waals surface area (Å²) in [5.74, 6) is -3.71. The van der Waals surface area contributed by atoms with Crippen LogP contribution in [0.15, 0.2) is 73.8 Å². The van der Waals surface area contributed by atoms with Crippen molar-refractivity contribution in [2.45, 2.75) is 74.8 Å². The molecule has 8 atom stereocenters. The number of aryl methyl sites for hydroxylation is 2. The second-order valence-electron chi connectivity index (χ2n) is 12.9. The number of benzene rings is 2. The number of β-amino-alcohol motifs (C(OH)–C–C–N with tert-alkyl or cyclic N) is 1. The van der Waals surface area contributed by atoms with Gasteiger partial charge in [0.1, 0.15) is 17.7 Å². The quantitative estimate of drug-likeness (QED) is 0.169. The Kier molecular flexibility index (Phi) is 10.9. The Balaban J connectivity index is 1.50. The second kappa shape index (κ2) is 14.8. The first-order chi connectivity index (χ1) is 23.0. The molecule has 48 heavy (non-hydrogen) atoms. The zero-order valence-electron chi connectivity index (χ0n) is 27.6. The van der Waals surface area contributed by atoms with E-state index >= 15 is 0 Å². The van der Waals surface area contributed by atoms with Gasteiger partial charge < -0.3 is 29.7 Å². The number of amides is 3. The van der Waals surface area contributed by atoms with Gasteiger partial charge in [0.05, 0.1) is 30.6 Å². The van der Waals surface area contributed by atoms with Crippen LogP contribution in [0.4, 0.5) is 5.69 Å². The van der Waals surface area contributed by atoms with Gasteiger partial charge in [-0.05, 0) is 56.4 Å². The molecule has 10 nitrogen and oxygen atoms in total. The molecule has 1 unspecified atom stereocenters. The summed E-state index contributed by atoms with van der Waals surface area (Å²) in [5.41, 5.74) is 1.86. The molecule has 3 fully saturated rings. The number of esters is 1. The molecule has 11 heteroatoms. The van der Waals surface area contributed by atoms with E-state index < -0.39 is 53.6 Å². The first-order valence-corrected chi connectivity index (χ1v) is 17.3. The lowest BCUT2D eigenvalue weighted by Crippen LogP contribution is -2.57. The van der Waals surface area contributed by atoms with Gasteiger partial charge in [-0.25, -0.2) is 0 Å². The number of likely N-dealkylation sites (tertiary alicyclic amines) is 1. The van der Waals surface area contributed by atoms with E-state index in [2.05, 4.69) is 34.4 Å². The smallest absolute Gasteiger partial charge is 0.313 e. The summed E-state index contributed by atoms with van der Waals surface area (Å²) in [4.78, 5) is 58.6. The molecule has 3 amide bonds. The molecule has 256 valence electrons. The standard InChI is InChI=1S/C37H44BrN3O7/c1-6-8-14-28(43)39-24(5)31(25-12-10-9-11-13-25)47-36(46)29-30-34(44)41(18-19-42)33(37(30)21-26(38)32(29)48-37)35(45)40(17-7-2)27-20-22(3)15-16-23(27)4/h6-7,9-13,15-16,20,24,26,29-33,42H,1-2,8,14,17-19,21H2,3-5H3,(H,39,43)/t24-,26?,29-,30+,31-,32-,33-,37+/m1/s1. The minimum atomic E-state index is -1.34. The number of carbonyl (C=O) groups is 4. The number of fused-ring (bicyclic) bond motifs is 1. The molecule has 2 N–H and O–H groups in total. The number of hydrogen-bond acceptors (Lipinski definition) is 7. The molecule has 2 aromatic carbocycles. The van der Waals surface area contributed by atoms with Crippen LogP contribution in [0.25, 0.3) is 0 Å². The molecule has 3 heterocycles. The van der Waals surface area contributed by atoms with E-state index in [4.69, 9.17) is 9.47 Å². The highest BCUT2D eigenvalue weighted by Gasteiger charge is 2.77. The number of nitrogens with zero attached hydrogens (tertiary/aromatic N) is 2. The molecule has 3 saturated heterocycles. The predicted molar refractivity (Wildman–Crippen MR) is 185 cm³/mol. The number of anilines is 1. The van der Waals surface area contributed by atoms with Crippen LogP contribution in [0.1, 0.15) is 49.0 Å². The van der Waals surface area contributed by atoms with E-state index in [1.165, 1.54) is 4.90 Å². The van der Waals surface area contributed by atoms with Gasteiger partial charge in [-0.15, -0.1) is 13.2 Å². The first kappa shape index (κ1) is 35.5. The molecule has 0 saturated carbocycles. The van der Waals surface area contributed by atoms with Crippen LogP contribution in [0.5, 0.6) is 0 Å². The number of ether oxygens (including phenoxy) is 2. The van der Waals surface area contributed by atoms with Gasteiger partial charge in [0, 0.05) is 30.0 Å². The maximum Gasteiger partial charge on any atom is 0.313 e. The highest BCUT2D eigenvalue weighted by Crippen LogP contribution is 2.60. The second-order valence-corrected chi connectivity index (χ2v) is 14.1. The average molecular weight is 723 g/mol. The molecule has 2 bridgehead atoms. The molecule has 3 aliphatic rings. The van der Waals surface area contributed by atoms with E-state index in [0.717, 1.165) is 11.1 Å². The zero-order valence-corrected chi connectivity index (χ0v) is 29.2. The Labute approximate surface area is 290 Å². The molecule has 3 aliphatic heterocycles. The van der Waals surface area contributed by atoms with Crippen LogP contribution >= 0.6 is 15.9 Å². The number of hydrogen-bond donors (Lipinski definition) is 2. The Morgan fingerprint density at radius 2 is 1.92 bits per heavy atom. The monoisotopic (exact) mass is 721 g/mol. The third kappa shape index (κ3) is 6.47. The summed E-state index contributed by atoms with van der Waals surface area (Å²) in [7, 11) is 0. The first-order valence-electron chi connectivity index (χ1n) is 16.4. The van der Waals surface area contributed by atoms with Crippen molar-refractivity contribution in [3.05, 3.63) is 90.5 Å². The summed E-state index contributed by atoms with van der Waals surface area (Å²) in [6.45, 7) is 12.9. The number of allylic oxidation sites excluding steroid dienone is 1. The highest BCUT2D eigenvalue weighted by atomic mass is 79.9. The van der Waals surface area contributed by atoms with Gasteiger partial charge in [-0.2, -0.15) is 0 Å². The molecular formula is C37H44BrN3O7. The number of aliphatic hydroxyl groups excluding tert-OH is 1. The minimum Gasteiger partial charge on any atom is -0.455 e. The van der Waals surface area contributed by atoms with E-state index in [1.54, 1.807) is 24.0 Å². The number of nitrogens with one attached hydrogen (secondary N) is 1. The lowest BCUT2D eigenvalue weighted by atomic mass is 9.70. The molecule has 0 aromatic heterocycles. The van der Waals surface area contributed by atoms with Crippen molar-refractivity contribution < 1.29 is 33.8 Å². The number of halogens is 1. The van der Waals surface area contributed by atoms with Crippen molar-refractivity contribution in [3.8, 4) is 0 Å². The largest absolute Gasteiger partial charge is 0.455 e. The van der Waals surface area contributed by atoms with Crippen LogP contribution in [0, 0.1) is 25.7 Å². The Hall–Kier alpha value is -3.80. The van der Waals surface area contributed by atoms with Crippen LogP contribution in [0.3, 0.4) is 0 Å². The van der Waals surface area contributed by atoms with Gasteiger partial charge in [-0.1, -0.05) is 70.5 Å². The highest BCUT2D eigenvalue weighted by molar-refractivity contribution is 9.09. The summed E-state index contributed by atoms with van der Waals surface area (Å²) in [6, 6.07) is 13.2. The summed E-state index contributed by atoms with van der Waals surface area (Å²) >= 11 is 3.70. The Morgan fingerprint density at radius 1 is 1.19 bits per heavy atom. The lowest BCUT2D eigenvalue weighted by molar-refractivity contribution is -0.162. The number of carbonyl (C=O) groups excluding carboxylic acids is 4. The SMILES string of the molecule is C=CCCC(=O)N[C@H](C)[C@@H](OC(=O)[C@H]1[C@@H]2O[C@@]3(CC2Br)[C@@H]1C(=O)N(CCO)[C@@H]3C(=O)N(CC=C)c1cc(C)ccc1C)c1ccccc1. The fourth-order valence-corrected chi connectivity index (χ4v) is 8.50. The van der Waals surface area contributed by atoms with Crippen molar-refractivity contribution in [1.29, 1.82) is 0 Å². The normalized spacial score (nSPS) is 26.8. The summed E-state index contributed by atoms with van der Waals surface area (Å²) in [6.07, 6.45) is 2.76. The van der Waals surface area contributed by atoms with Crippen molar-refractivity contribution in [3.63, 3.8) is 0 Å². The third-order valence-electron chi connectivity index (χ3n) is 9.66. The molecular weight excluding hydrogens is 678 g/mol. The number of rotatable bonds is 14. The minimum absolute atomic E-state index is 0.106. The van der Waals surface area contributed by atoms with E-state index in [0.29, 0.717) is 24.1 Å². The van der Waals surface area contributed by atoms with Gasteiger partial charge in [0.25, 0.3) is 5.91 Å². The van der Waals surface area contributed by atoms with Gasteiger partial charge in [-0.3, -0.25) is 19.2 Å². The summed E-state index contributed by atoms with van der Waals surface area (Å²) in [5, 5.41) is 13.0. The third-order valence-corrected chi connectivity index (χ3v) is 10.5. The molecule has 0 aliphatic carbocycles. The Bertz CT molecular complexity index is 1570. The topological polar surface area (TPSA) is 125 Å². The van der Waals surface area contributed by atoms with Crippen LogP contribution in [-0.4, -0.2) is 82.0 Å². The van der Waals surface area contributed by atoms with Crippen LogP contribution in [0.2, 0.25) is 0 Å². The summed E-state index contributed by atoms with van der Waals surface area (Å²) < 4.78 is 12.9. The van der Waals surface area contributed by atoms with E-state index in [9.17, 15) is 24.3 Å². The van der Waals surface area contributed by atoms with Crippen LogP contribution in [-0.2, 0) is 28.7 Å². The van der Waals surface area contributed by atoms with E-state index in [-0.39, 0.29) is 42.8 Å². The number of aliphatic hydroxyl groups is 1. The van der Waals surface area contributed by atoms with Crippen molar-refractivity contribution in [2.24, 2.45) is 11.8 Å². The molecule has 5 rings (SSSR count). The average Bonchev–Trinajstić information content (AvgIpc) is 3.66. The van der Waals surface area contributed by atoms with Gasteiger partial charge in [0.15, 0.2) is 0 Å². The fraction of sp³-hybridized carbons (Fsp3) is 0.459. The fourth-order valence-electron chi connectivity index (χ4n) is 7.56. The molecule has 1 spiro atoms. The lowest BCUT2D eigenvalue weighted by Gasteiger charge is -2.37. The van der Waals surface area contributed by atoms with Crippen molar-refractivity contribution in [2.75, 3.05) is 24.6 Å². The number of alkyl halides is 1. The maximum atomic E-state index is 14.7. The van der Waals surface area contributed by atoms with Crippen molar-refractivity contribution in [1.82, 2.24) is 10.2 Å². The zero-order chi connectivity index (χ0) is 34.7. The van der Waals surface area contributed by atoms with E-state index in [1.807, 2.05) is 62.4 Å². The predicted octanol–water partition coefficient (Wildman–Crippen LogP) is 4.32. The van der Waals surface area contributed by atoms with Crippen molar-refractivity contribution >= 4 is 45.3 Å². The van der Waals surface area contributed by atoms with Gasteiger partial charge in [0.2, 0.25) is 11.8 Å². The van der Waals surface area contributed by atoms with Crippen LogP contribution < -0.4 is 10.2 Å².